The summed E-state index contributed by atoms with van der Waals surface area (Å²) in [5.41, 5.74) is 4.28. The van der Waals surface area contributed by atoms with Crippen molar-refractivity contribution in [1.82, 2.24) is 14.9 Å². The zero-order chi connectivity index (χ0) is 17.8. The van der Waals surface area contributed by atoms with Gasteiger partial charge >= 0.3 is 0 Å². The van der Waals surface area contributed by atoms with Crippen molar-refractivity contribution in [3.8, 4) is 5.75 Å². The Kier molecular flexibility index (Phi) is 5.03. The lowest BCUT2D eigenvalue weighted by Gasteiger charge is -2.13. The lowest BCUT2D eigenvalue weighted by atomic mass is 10.1. The number of carbonyl (C=O) groups excluding carboxylic acids is 1. The van der Waals surface area contributed by atoms with Crippen LogP contribution in [-0.2, 0) is 17.9 Å². The molecule has 0 radical (unpaired) electrons. The van der Waals surface area contributed by atoms with Crippen molar-refractivity contribution < 1.29 is 9.53 Å². The van der Waals surface area contributed by atoms with Crippen molar-refractivity contribution in [2.75, 3.05) is 6.61 Å². The van der Waals surface area contributed by atoms with Crippen LogP contribution in [0.4, 0.5) is 0 Å². The number of nitrogens with zero attached hydrogens (tertiary/aromatic N) is 2. The van der Waals surface area contributed by atoms with Gasteiger partial charge in [0.15, 0.2) is 0 Å². The van der Waals surface area contributed by atoms with Crippen LogP contribution in [-0.4, -0.2) is 22.1 Å². The van der Waals surface area contributed by atoms with Crippen LogP contribution in [0.25, 0.3) is 11.0 Å². The Balaban J connectivity index is 1.78. The number of carbonyl (C=O) groups is 1. The molecule has 130 valence electrons. The van der Waals surface area contributed by atoms with E-state index in [4.69, 9.17) is 4.74 Å². The van der Waals surface area contributed by atoms with E-state index in [1.54, 1.807) is 0 Å². The van der Waals surface area contributed by atoms with Crippen molar-refractivity contribution in [1.29, 1.82) is 0 Å². The van der Waals surface area contributed by atoms with Crippen LogP contribution in [0.1, 0.15) is 23.9 Å². The van der Waals surface area contributed by atoms with Crippen LogP contribution < -0.4 is 10.1 Å². The van der Waals surface area contributed by atoms with Gasteiger partial charge in [-0.15, -0.1) is 0 Å². The molecule has 0 unspecified atom stereocenters. The van der Waals surface area contributed by atoms with Crippen LogP contribution in [0.3, 0.4) is 0 Å². The molecule has 1 heterocycles. The van der Waals surface area contributed by atoms with E-state index in [9.17, 15) is 4.79 Å². The first-order chi connectivity index (χ1) is 12.0. The third kappa shape index (κ3) is 3.99. The third-order valence-corrected chi connectivity index (χ3v) is 4.15. The highest BCUT2D eigenvalue weighted by Crippen LogP contribution is 2.20. The number of amides is 1. The molecule has 0 atom stereocenters. The fourth-order valence-electron chi connectivity index (χ4n) is 2.82. The minimum absolute atomic E-state index is 0.0646. The molecule has 25 heavy (non-hydrogen) atoms. The van der Waals surface area contributed by atoms with Crippen LogP contribution in [0, 0.1) is 13.8 Å². The molecular weight excluding hydrogens is 314 g/mol. The second kappa shape index (κ2) is 7.38. The normalized spacial score (nSPS) is 10.8. The molecule has 1 N–H and O–H groups in total. The summed E-state index contributed by atoms with van der Waals surface area (Å²) in [5.74, 6) is 1.68. The van der Waals surface area contributed by atoms with E-state index >= 15 is 0 Å². The van der Waals surface area contributed by atoms with E-state index in [1.807, 2.05) is 31.2 Å². The molecule has 0 saturated carbocycles. The molecular formula is C20H23N3O2. The number of benzene rings is 2. The molecule has 0 saturated heterocycles. The molecule has 5 heteroatoms. The Morgan fingerprint density at radius 3 is 2.80 bits per heavy atom. The Labute approximate surface area is 147 Å². The maximum Gasteiger partial charge on any atom is 0.217 e. The number of rotatable bonds is 6. The predicted molar refractivity (Wildman–Crippen MR) is 98.7 cm³/mol. The van der Waals surface area contributed by atoms with Gasteiger partial charge in [0.1, 0.15) is 18.2 Å². The summed E-state index contributed by atoms with van der Waals surface area (Å²) in [4.78, 5) is 15.9. The van der Waals surface area contributed by atoms with Crippen LogP contribution in [0.15, 0.2) is 42.5 Å². The van der Waals surface area contributed by atoms with E-state index in [-0.39, 0.29) is 5.91 Å². The molecule has 0 aliphatic carbocycles. The second-order valence-corrected chi connectivity index (χ2v) is 6.20. The largest absolute Gasteiger partial charge is 0.491 e. The van der Waals surface area contributed by atoms with Crippen molar-refractivity contribution in [3.63, 3.8) is 0 Å². The first-order valence-corrected chi connectivity index (χ1v) is 8.43. The number of aryl methyl sites for hydroxylation is 2. The molecule has 5 nitrogen and oxygen atoms in total. The summed E-state index contributed by atoms with van der Waals surface area (Å²) in [6.07, 6.45) is 0. The summed E-state index contributed by atoms with van der Waals surface area (Å²) in [5, 5.41) is 2.82. The Morgan fingerprint density at radius 2 is 2.00 bits per heavy atom. The van der Waals surface area contributed by atoms with Crippen molar-refractivity contribution in [2.45, 2.75) is 33.9 Å². The summed E-state index contributed by atoms with van der Waals surface area (Å²) >= 11 is 0. The topological polar surface area (TPSA) is 56.2 Å². The molecule has 3 rings (SSSR count). The van der Waals surface area contributed by atoms with Gasteiger partial charge < -0.3 is 14.6 Å². The fraction of sp³-hybridized carbons (Fsp3) is 0.300. The van der Waals surface area contributed by atoms with E-state index in [1.165, 1.54) is 12.5 Å². The first kappa shape index (κ1) is 17.0. The second-order valence-electron chi connectivity index (χ2n) is 6.20. The Hall–Kier alpha value is -2.82. The molecule has 3 aromatic rings. The van der Waals surface area contributed by atoms with Gasteiger partial charge in [-0.2, -0.15) is 0 Å². The van der Waals surface area contributed by atoms with Gasteiger partial charge in [-0.05, 0) is 43.2 Å². The number of hydrogen-bond acceptors (Lipinski definition) is 3. The minimum atomic E-state index is -0.0646. The number of hydrogen-bond donors (Lipinski definition) is 1. The summed E-state index contributed by atoms with van der Waals surface area (Å²) in [7, 11) is 0. The van der Waals surface area contributed by atoms with Gasteiger partial charge in [0.2, 0.25) is 5.91 Å². The number of fused-ring (bicyclic) bond motifs is 1. The highest BCUT2D eigenvalue weighted by molar-refractivity contribution is 5.76. The van der Waals surface area contributed by atoms with E-state index in [0.29, 0.717) is 19.7 Å². The molecule has 0 spiro atoms. The van der Waals surface area contributed by atoms with Gasteiger partial charge in [-0.3, -0.25) is 4.79 Å². The maximum absolute atomic E-state index is 11.2. The lowest BCUT2D eigenvalue weighted by molar-refractivity contribution is -0.119. The van der Waals surface area contributed by atoms with Crippen LogP contribution in [0.2, 0.25) is 0 Å². The smallest absolute Gasteiger partial charge is 0.217 e. The molecule has 0 fully saturated rings. The van der Waals surface area contributed by atoms with E-state index < -0.39 is 0 Å². The molecule has 1 amide bonds. The number of ether oxygens (including phenoxy) is 1. The number of para-hydroxylation sites is 2. The third-order valence-electron chi connectivity index (χ3n) is 4.15. The van der Waals surface area contributed by atoms with E-state index in [0.717, 1.165) is 28.2 Å². The molecule has 0 bridgehead atoms. The standard InChI is InChI=1S/C20H23N3O2/c1-14-8-9-15(2)19(12-14)25-11-10-23-18-7-5-4-6-17(18)22-20(23)13-21-16(3)24/h4-9,12H,10-11,13H2,1-3H3,(H,21,24). The van der Waals surface area contributed by atoms with Gasteiger partial charge in [-0.25, -0.2) is 4.98 Å². The number of nitrogens with one attached hydrogen (secondary N) is 1. The van der Waals surface area contributed by atoms with Crippen LogP contribution >= 0.6 is 0 Å². The summed E-state index contributed by atoms with van der Waals surface area (Å²) in [6.45, 7) is 7.23. The average Bonchev–Trinajstić information content (AvgIpc) is 2.94. The van der Waals surface area contributed by atoms with Crippen molar-refractivity contribution in [3.05, 3.63) is 59.4 Å². The molecule has 1 aromatic heterocycles. The predicted octanol–water partition coefficient (Wildman–Crippen LogP) is 3.37. The van der Waals surface area contributed by atoms with Crippen molar-refractivity contribution in [2.24, 2.45) is 0 Å². The number of aromatic nitrogens is 2. The zero-order valence-corrected chi connectivity index (χ0v) is 14.9. The van der Waals surface area contributed by atoms with Crippen LogP contribution in [0.5, 0.6) is 5.75 Å². The maximum atomic E-state index is 11.2. The lowest BCUT2D eigenvalue weighted by Crippen LogP contribution is -2.22. The fourth-order valence-corrected chi connectivity index (χ4v) is 2.82. The van der Waals surface area contributed by atoms with E-state index in [2.05, 4.69) is 40.0 Å². The van der Waals surface area contributed by atoms with Gasteiger partial charge in [-0.1, -0.05) is 24.3 Å². The zero-order valence-electron chi connectivity index (χ0n) is 14.9. The monoisotopic (exact) mass is 337 g/mol. The van der Waals surface area contributed by atoms with Gasteiger partial charge in [0, 0.05) is 6.92 Å². The Bertz CT molecular complexity index is 899. The SMILES string of the molecule is CC(=O)NCc1nc2ccccc2n1CCOc1cc(C)ccc1C. The minimum Gasteiger partial charge on any atom is -0.491 e. The summed E-state index contributed by atoms with van der Waals surface area (Å²) in [6, 6.07) is 14.2. The molecule has 0 aliphatic heterocycles. The quantitative estimate of drug-likeness (QED) is 0.750. The van der Waals surface area contributed by atoms with Crippen molar-refractivity contribution >= 4 is 16.9 Å². The van der Waals surface area contributed by atoms with Gasteiger partial charge in [0.05, 0.1) is 24.1 Å². The Morgan fingerprint density at radius 1 is 1.20 bits per heavy atom. The average molecular weight is 337 g/mol. The number of imidazole rings is 1. The highest BCUT2D eigenvalue weighted by Gasteiger charge is 2.11. The molecule has 0 aliphatic rings. The molecule has 2 aromatic carbocycles. The first-order valence-electron chi connectivity index (χ1n) is 8.43. The highest BCUT2D eigenvalue weighted by atomic mass is 16.5. The van der Waals surface area contributed by atoms with Gasteiger partial charge in [0.25, 0.3) is 0 Å². The summed E-state index contributed by atoms with van der Waals surface area (Å²) < 4.78 is 8.09.